The number of H-pyrrole nitrogens is 2. The molecule has 8 N–H and O–H groups in total. The Kier molecular flexibility index (Phi) is 25.3. The highest BCUT2D eigenvalue weighted by molar-refractivity contribution is 5.95. The van der Waals surface area contributed by atoms with E-state index in [-0.39, 0.29) is 0 Å². The molecule has 0 unspecified atom stereocenters. The van der Waals surface area contributed by atoms with Crippen molar-refractivity contribution >= 4 is 12.1 Å². The molecule has 6 heterocycles. The third kappa shape index (κ3) is 21.8. The molecule has 264 valence electrons. The van der Waals surface area contributed by atoms with Crippen LogP contribution in [-0.4, -0.2) is 102 Å². The first kappa shape index (κ1) is 41.2. The van der Waals surface area contributed by atoms with Crippen molar-refractivity contribution in [3.8, 4) is 0 Å². The van der Waals surface area contributed by atoms with Gasteiger partial charge in [-0.05, 0) is 42.3 Å². The van der Waals surface area contributed by atoms with Crippen LogP contribution >= 0.6 is 0 Å². The number of likely N-dealkylation sites (N-methyl/N-ethyl adjacent to an activating group) is 1. The molecule has 0 aliphatic carbocycles. The van der Waals surface area contributed by atoms with Gasteiger partial charge in [0.2, 0.25) is 5.89 Å². The minimum Gasteiger partial charge on any atom is -0.451 e. The van der Waals surface area contributed by atoms with Crippen molar-refractivity contribution in [2.75, 3.05) is 55.4 Å². The number of hydrogen-bond acceptors (Lipinski definition) is 16. The number of hydrogen-bond donors (Lipinski definition) is 8. The summed E-state index contributed by atoms with van der Waals surface area (Å²) in [5.74, 6) is 3.49. The second-order valence-electron chi connectivity index (χ2n) is 9.24. The van der Waals surface area contributed by atoms with Crippen molar-refractivity contribution in [2.45, 2.75) is 32.7 Å². The smallest absolute Gasteiger partial charge is 0.207 e. The van der Waals surface area contributed by atoms with Crippen LogP contribution in [0.1, 0.15) is 28.9 Å². The van der Waals surface area contributed by atoms with Crippen molar-refractivity contribution in [1.29, 1.82) is 0 Å². The lowest BCUT2D eigenvalue weighted by atomic mass is 10.5. The average Bonchev–Trinajstić information content (AvgIpc) is 3.93. The molecule has 0 bridgehead atoms. The summed E-state index contributed by atoms with van der Waals surface area (Å²) in [5.41, 5.74) is 2.06. The highest BCUT2D eigenvalue weighted by Crippen LogP contribution is 1.93. The Morgan fingerprint density at radius 1 is 0.708 bits per heavy atom. The summed E-state index contributed by atoms with van der Waals surface area (Å²) in [4.78, 5) is 33.3. The first-order valence-electron chi connectivity index (χ1n) is 15.1. The fourth-order valence-electron chi connectivity index (χ4n) is 3.23. The van der Waals surface area contributed by atoms with Gasteiger partial charge in [-0.15, -0.1) is 0 Å². The van der Waals surface area contributed by atoms with Gasteiger partial charge in [0, 0.05) is 43.6 Å². The second kappa shape index (κ2) is 29.5. The molecule has 48 heavy (non-hydrogen) atoms. The Bertz CT molecular complexity index is 1140. The average molecular weight is 670 g/mol. The Balaban J connectivity index is 0.000000288. The number of aliphatic imine (C=N–C) groups is 2. The second-order valence-corrected chi connectivity index (χ2v) is 9.24. The van der Waals surface area contributed by atoms with Crippen molar-refractivity contribution in [2.24, 2.45) is 9.98 Å². The number of rotatable bonds is 12. The van der Waals surface area contributed by atoms with Gasteiger partial charge in [0.25, 0.3) is 0 Å². The van der Waals surface area contributed by atoms with Crippen LogP contribution in [0.25, 0.3) is 0 Å². The molecule has 0 fully saturated rings. The van der Waals surface area contributed by atoms with Crippen molar-refractivity contribution in [3.05, 3.63) is 91.5 Å². The zero-order chi connectivity index (χ0) is 34.9. The van der Waals surface area contributed by atoms with Crippen LogP contribution in [0.15, 0.2) is 85.9 Å². The van der Waals surface area contributed by atoms with Gasteiger partial charge in [-0.1, -0.05) is 0 Å². The predicted molar refractivity (Wildman–Crippen MR) is 185 cm³/mol. The van der Waals surface area contributed by atoms with Gasteiger partial charge in [-0.3, -0.25) is 4.99 Å². The van der Waals surface area contributed by atoms with E-state index in [4.69, 9.17) is 13.3 Å². The Hall–Kier alpha value is -4.85. The summed E-state index contributed by atoms with van der Waals surface area (Å²) < 4.78 is 14.5. The normalized spacial score (nSPS) is 10.8. The summed E-state index contributed by atoms with van der Waals surface area (Å²) in [7, 11) is 11.3. The van der Waals surface area contributed by atoms with E-state index in [0.29, 0.717) is 6.54 Å². The largest absolute Gasteiger partial charge is 0.451 e. The molecule has 18 nitrogen and oxygen atoms in total. The maximum absolute atomic E-state index is 4.90. The lowest BCUT2D eigenvalue weighted by Gasteiger charge is -1.90. The Morgan fingerprint density at radius 3 is 1.98 bits per heavy atom. The highest BCUT2D eigenvalue weighted by Gasteiger charge is 1.96. The molecule has 0 spiro atoms. The lowest BCUT2D eigenvalue weighted by Crippen LogP contribution is -2.15. The van der Waals surface area contributed by atoms with E-state index in [0.717, 1.165) is 74.0 Å². The van der Waals surface area contributed by atoms with E-state index in [1.165, 1.54) is 12.8 Å². The maximum Gasteiger partial charge on any atom is 0.207 e. The molecule has 5 aromatic rings. The van der Waals surface area contributed by atoms with Gasteiger partial charge in [0.1, 0.15) is 29.9 Å². The zero-order valence-corrected chi connectivity index (χ0v) is 28.7. The Morgan fingerprint density at radius 2 is 1.48 bits per heavy atom. The van der Waals surface area contributed by atoms with Gasteiger partial charge in [-0.25, -0.2) is 29.9 Å². The maximum atomic E-state index is 4.90. The van der Waals surface area contributed by atoms with Crippen LogP contribution in [0.5, 0.6) is 0 Å². The monoisotopic (exact) mass is 669 g/mol. The molecule has 0 saturated heterocycles. The summed E-state index contributed by atoms with van der Waals surface area (Å²) in [6, 6.07) is 0. The number of nitrogens with one attached hydrogen (secondary N) is 8. The number of nitrogens with zero attached hydrogens (tertiary/aromatic N) is 7. The first-order chi connectivity index (χ1) is 23.6. The van der Waals surface area contributed by atoms with E-state index in [2.05, 4.69) is 76.8 Å². The lowest BCUT2D eigenvalue weighted by molar-refractivity contribution is 0.480. The fourth-order valence-corrected chi connectivity index (χ4v) is 3.23. The summed E-state index contributed by atoms with van der Waals surface area (Å²) in [5, 5.41) is 17.7. The minimum atomic E-state index is 0.701. The molecular weight excluding hydrogens is 618 g/mol. The molecule has 1 aliphatic rings. The summed E-state index contributed by atoms with van der Waals surface area (Å²) in [6.45, 7) is 5.45. The van der Waals surface area contributed by atoms with Crippen molar-refractivity contribution in [3.63, 3.8) is 0 Å². The van der Waals surface area contributed by atoms with Crippen LogP contribution < -0.4 is 31.9 Å². The van der Waals surface area contributed by atoms with Crippen molar-refractivity contribution in [1.82, 2.24) is 66.8 Å². The molecule has 0 atom stereocenters. The molecule has 0 aromatic carbocycles. The summed E-state index contributed by atoms with van der Waals surface area (Å²) in [6.07, 6.45) is 18.2. The minimum absolute atomic E-state index is 0.701. The van der Waals surface area contributed by atoms with E-state index in [1.807, 2.05) is 54.7 Å². The molecular formula is C30H51N15O3. The molecule has 0 saturated carbocycles. The molecule has 5 aromatic heterocycles. The topological polar surface area (TPSA) is 232 Å². The van der Waals surface area contributed by atoms with Gasteiger partial charge in [0.05, 0.1) is 57.1 Å². The van der Waals surface area contributed by atoms with Crippen LogP contribution in [0.4, 0.5) is 0 Å². The summed E-state index contributed by atoms with van der Waals surface area (Å²) >= 11 is 0. The molecule has 18 heteroatoms. The molecule has 1 aliphatic heterocycles. The quantitative estimate of drug-likeness (QED) is 0.0931. The van der Waals surface area contributed by atoms with E-state index >= 15 is 0 Å². The third-order valence-corrected chi connectivity index (χ3v) is 5.24. The van der Waals surface area contributed by atoms with Crippen LogP contribution in [0.2, 0.25) is 0 Å². The third-order valence-electron chi connectivity index (χ3n) is 5.24. The fraction of sp³-hybridized carbons (Fsp3) is 0.433. The van der Waals surface area contributed by atoms with Gasteiger partial charge < -0.3 is 55.1 Å². The van der Waals surface area contributed by atoms with E-state index < -0.39 is 0 Å². The number of imidazole rings is 2. The molecule has 0 amide bonds. The first-order valence-corrected chi connectivity index (χ1v) is 15.1. The Labute approximate surface area is 281 Å². The standard InChI is InChI=1S/3C5H9N3.3C5H8N2O/c1-6-2-5-3-7-4-8-5;2*1-6-4-5-7-2-3-8-5;1-6-2-5-3-8-4-7-5;1-6-2-5-3-7-4-8-5;1-6-4-5-7-2-3-8-5/h3-4,6H,2H2,1H3,(H,7,8);2,6H,3-4H2,1H3;2-3,6H,4H2,1H3,(H,7,8);2*3-4,6H,2H2,1H3;2-3,6H,4H2,1H3. The van der Waals surface area contributed by atoms with Gasteiger partial charge in [0.15, 0.2) is 12.8 Å². The predicted octanol–water partition coefficient (Wildman–Crippen LogP) is 1.13. The molecule has 0 radical (unpaired) electrons. The van der Waals surface area contributed by atoms with E-state index in [1.54, 1.807) is 43.6 Å². The van der Waals surface area contributed by atoms with Crippen molar-refractivity contribution < 1.29 is 13.3 Å². The number of aromatic amines is 2. The number of amidine groups is 1. The SMILES string of the molecule is CNCC1=NCC=N1.CNCc1cnc[nH]1.CNCc1cnco1.CNCc1cocn1.CNCc1ncc[nH]1.CNCc1ncco1. The van der Waals surface area contributed by atoms with Crippen LogP contribution in [-0.2, 0) is 32.7 Å². The number of aromatic nitrogens is 7. The molecule has 6 rings (SSSR count). The highest BCUT2D eigenvalue weighted by atomic mass is 16.3. The van der Waals surface area contributed by atoms with Gasteiger partial charge in [-0.2, -0.15) is 0 Å². The number of oxazole rings is 3. The van der Waals surface area contributed by atoms with Crippen LogP contribution in [0, 0.1) is 0 Å². The van der Waals surface area contributed by atoms with E-state index in [9.17, 15) is 0 Å². The van der Waals surface area contributed by atoms with Crippen LogP contribution in [0.3, 0.4) is 0 Å². The zero-order valence-electron chi connectivity index (χ0n) is 28.7. The van der Waals surface area contributed by atoms with Gasteiger partial charge >= 0.3 is 0 Å².